The Morgan fingerprint density at radius 1 is 1.24 bits per heavy atom. The molecule has 0 saturated heterocycles. The molecule has 2 saturated carbocycles. The van der Waals surface area contributed by atoms with Gasteiger partial charge in [0.2, 0.25) is 0 Å². The second kappa shape index (κ2) is 4.85. The molecule has 0 N–H and O–H groups in total. The number of hydrogen-bond acceptors (Lipinski definition) is 1. The van der Waals surface area contributed by atoms with Crippen molar-refractivity contribution in [1.82, 2.24) is 9.55 Å². The number of halogens is 3. The molecular weight excluding hydrogens is 310 g/mol. The van der Waals surface area contributed by atoms with Gasteiger partial charge < -0.3 is 4.57 Å². The molecule has 0 aliphatic heterocycles. The fraction of sp³-hybridized carbons (Fsp3) is 0.562. The Bertz CT molecular complexity index is 690. The third kappa shape index (κ3) is 2.35. The fourth-order valence-electron chi connectivity index (χ4n) is 3.38. The van der Waals surface area contributed by atoms with Gasteiger partial charge in [-0.05, 0) is 50.5 Å². The summed E-state index contributed by atoms with van der Waals surface area (Å²) in [4.78, 5) is 4.64. The van der Waals surface area contributed by atoms with Crippen LogP contribution < -0.4 is 0 Å². The van der Waals surface area contributed by atoms with Crippen molar-refractivity contribution in [3.63, 3.8) is 0 Å². The van der Waals surface area contributed by atoms with E-state index in [2.05, 4.69) is 9.55 Å². The lowest BCUT2D eigenvalue weighted by atomic mass is 10.1. The first kappa shape index (κ1) is 13.8. The first-order valence-corrected chi connectivity index (χ1v) is 8.38. The highest BCUT2D eigenvalue weighted by molar-refractivity contribution is 6.31. The quantitative estimate of drug-likeness (QED) is 0.679. The molecule has 0 amide bonds. The average molecular weight is 327 g/mol. The Hall–Kier alpha value is -0.800. The van der Waals surface area contributed by atoms with Crippen molar-refractivity contribution in [2.75, 3.05) is 0 Å². The minimum atomic E-state index is -0.385. The van der Waals surface area contributed by atoms with E-state index in [1.807, 2.05) is 6.92 Å². The number of benzene rings is 1. The van der Waals surface area contributed by atoms with Gasteiger partial charge in [0.15, 0.2) is 0 Å². The third-order valence-electron chi connectivity index (χ3n) is 4.62. The van der Waals surface area contributed by atoms with Crippen molar-refractivity contribution in [1.29, 1.82) is 0 Å². The predicted molar refractivity (Wildman–Crippen MR) is 83.5 cm³/mol. The lowest BCUT2D eigenvalue weighted by Gasteiger charge is -2.22. The minimum Gasteiger partial charge on any atom is -0.323 e. The molecule has 0 bridgehead atoms. The fourth-order valence-corrected chi connectivity index (χ4v) is 3.70. The molecule has 1 atom stereocenters. The second-order valence-electron chi connectivity index (χ2n) is 6.38. The average Bonchev–Trinajstić information content (AvgIpc) is 3.31. The van der Waals surface area contributed by atoms with Gasteiger partial charge in [0.05, 0.1) is 21.4 Å². The molecule has 2 aliphatic rings. The summed E-state index contributed by atoms with van der Waals surface area (Å²) in [6.07, 6.45) is 5.03. The van der Waals surface area contributed by atoms with Gasteiger partial charge in [-0.1, -0.05) is 11.6 Å². The highest BCUT2D eigenvalue weighted by Gasteiger charge is 2.44. The van der Waals surface area contributed by atoms with Crippen LogP contribution in [0.3, 0.4) is 0 Å². The lowest BCUT2D eigenvalue weighted by molar-refractivity contribution is 0.392. The summed E-state index contributed by atoms with van der Waals surface area (Å²) in [5.41, 5.74) is 1.58. The normalized spacial score (nSPS) is 20.4. The van der Waals surface area contributed by atoms with E-state index in [0.29, 0.717) is 17.9 Å². The molecule has 1 unspecified atom stereocenters. The highest BCUT2D eigenvalue weighted by atomic mass is 35.5. The number of alkyl halides is 1. The molecule has 2 aliphatic carbocycles. The zero-order valence-electron chi connectivity index (χ0n) is 11.8. The van der Waals surface area contributed by atoms with Crippen LogP contribution >= 0.6 is 23.2 Å². The van der Waals surface area contributed by atoms with E-state index in [9.17, 15) is 4.39 Å². The van der Waals surface area contributed by atoms with E-state index >= 15 is 0 Å². The number of fused-ring (bicyclic) bond motifs is 1. The summed E-state index contributed by atoms with van der Waals surface area (Å²) in [6, 6.07) is 3.56. The third-order valence-corrected chi connectivity index (χ3v) is 5.11. The van der Waals surface area contributed by atoms with Crippen LogP contribution in [-0.2, 0) is 0 Å². The van der Waals surface area contributed by atoms with Crippen molar-refractivity contribution in [2.45, 2.75) is 44.0 Å². The number of rotatable bonds is 4. The van der Waals surface area contributed by atoms with Crippen LogP contribution in [-0.4, -0.2) is 9.55 Å². The standard InChI is InChI=1S/C16H17Cl2FN2/c1-8(17)16-20-13-6-11(18)12(19)7-14(13)21(16)15(9-2-3-9)10-4-5-10/h6-10,15H,2-5H2,1H3. The Morgan fingerprint density at radius 3 is 2.38 bits per heavy atom. The summed E-state index contributed by atoms with van der Waals surface area (Å²) in [5, 5.41) is -0.0745. The van der Waals surface area contributed by atoms with Crippen molar-refractivity contribution < 1.29 is 4.39 Å². The maximum atomic E-state index is 13.9. The van der Waals surface area contributed by atoms with Crippen molar-refractivity contribution in [3.8, 4) is 0 Å². The number of hydrogen-bond donors (Lipinski definition) is 0. The summed E-state index contributed by atoms with van der Waals surface area (Å²) in [5.74, 6) is 1.85. The van der Waals surface area contributed by atoms with Crippen LogP contribution in [0.5, 0.6) is 0 Å². The Labute approximate surface area is 133 Å². The van der Waals surface area contributed by atoms with Gasteiger partial charge in [-0.15, -0.1) is 11.6 Å². The van der Waals surface area contributed by atoms with Crippen molar-refractivity contribution in [2.24, 2.45) is 11.8 Å². The molecule has 2 fully saturated rings. The number of imidazole rings is 1. The smallest absolute Gasteiger partial charge is 0.144 e. The Kier molecular flexibility index (Phi) is 3.20. The molecule has 0 radical (unpaired) electrons. The van der Waals surface area contributed by atoms with E-state index < -0.39 is 0 Å². The SMILES string of the molecule is CC(Cl)c1nc2cc(Cl)c(F)cc2n1C(C1CC1)C1CC1. The Balaban J connectivity index is 1.95. The van der Waals surface area contributed by atoms with E-state index in [0.717, 1.165) is 16.9 Å². The van der Waals surface area contributed by atoms with E-state index in [1.54, 1.807) is 6.07 Å². The van der Waals surface area contributed by atoms with Crippen LogP contribution in [0.1, 0.15) is 49.9 Å². The molecule has 0 spiro atoms. The molecule has 1 aromatic heterocycles. The van der Waals surface area contributed by atoms with Gasteiger partial charge in [-0.25, -0.2) is 9.37 Å². The van der Waals surface area contributed by atoms with Crippen LogP contribution in [0, 0.1) is 17.7 Å². The summed E-state index contributed by atoms with van der Waals surface area (Å²) >= 11 is 12.2. The first-order valence-electron chi connectivity index (χ1n) is 7.57. The molecule has 4 rings (SSSR count). The minimum absolute atomic E-state index is 0.121. The Morgan fingerprint density at radius 2 is 1.86 bits per heavy atom. The van der Waals surface area contributed by atoms with Crippen LogP contribution in [0.4, 0.5) is 4.39 Å². The van der Waals surface area contributed by atoms with Gasteiger partial charge >= 0.3 is 0 Å². The van der Waals surface area contributed by atoms with Gasteiger partial charge in [0, 0.05) is 12.1 Å². The predicted octanol–water partition coefficient (Wildman–Crippen LogP) is 5.49. The zero-order chi connectivity index (χ0) is 14.7. The maximum absolute atomic E-state index is 13.9. The van der Waals surface area contributed by atoms with E-state index in [1.165, 1.54) is 31.7 Å². The molecule has 112 valence electrons. The topological polar surface area (TPSA) is 17.8 Å². The van der Waals surface area contributed by atoms with Gasteiger partial charge in [-0.3, -0.25) is 0 Å². The maximum Gasteiger partial charge on any atom is 0.144 e. The lowest BCUT2D eigenvalue weighted by Crippen LogP contribution is -2.17. The summed E-state index contributed by atoms with van der Waals surface area (Å²) < 4.78 is 16.1. The molecule has 2 nitrogen and oxygen atoms in total. The molecular formula is C16H17Cl2FN2. The van der Waals surface area contributed by atoms with E-state index in [4.69, 9.17) is 23.2 Å². The van der Waals surface area contributed by atoms with Gasteiger partial charge in [0.25, 0.3) is 0 Å². The summed E-state index contributed by atoms with van der Waals surface area (Å²) in [6.45, 7) is 1.92. The first-order chi connectivity index (χ1) is 10.1. The van der Waals surface area contributed by atoms with Gasteiger partial charge in [0.1, 0.15) is 11.6 Å². The zero-order valence-corrected chi connectivity index (χ0v) is 13.3. The molecule has 21 heavy (non-hydrogen) atoms. The van der Waals surface area contributed by atoms with Crippen LogP contribution in [0.25, 0.3) is 11.0 Å². The van der Waals surface area contributed by atoms with Crippen molar-refractivity contribution >= 4 is 34.2 Å². The highest BCUT2D eigenvalue weighted by Crippen LogP contribution is 2.53. The molecule has 5 heteroatoms. The van der Waals surface area contributed by atoms with E-state index in [-0.39, 0.29) is 16.2 Å². The number of nitrogens with zero attached hydrogens (tertiary/aromatic N) is 2. The molecule has 1 heterocycles. The van der Waals surface area contributed by atoms with Crippen LogP contribution in [0.2, 0.25) is 5.02 Å². The number of aromatic nitrogens is 2. The molecule has 1 aromatic carbocycles. The monoisotopic (exact) mass is 326 g/mol. The second-order valence-corrected chi connectivity index (χ2v) is 7.44. The largest absolute Gasteiger partial charge is 0.323 e. The van der Waals surface area contributed by atoms with Crippen molar-refractivity contribution in [3.05, 3.63) is 28.8 Å². The molecule has 2 aromatic rings. The van der Waals surface area contributed by atoms with Gasteiger partial charge in [-0.2, -0.15) is 0 Å². The van der Waals surface area contributed by atoms with Crippen LogP contribution in [0.15, 0.2) is 12.1 Å². The summed E-state index contributed by atoms with van der Waals surface area (Å²) in [7, 11) is 0.